The monoisotopic (exact) mass is 497 g/mol. The molecule has 1 saturated carbocycles. The average Bonchev–Trinajstić information content (AvgIpc) is 3.09. The van der Waals surface area contributed by atoms with Crippen LogP contribution in [0.4, 0.5) is 11.4 Å². The summed E-state index contributed by atoms with van der Waals surface area (Å²) in [5.41, 5.74) is 2.39. The number of hydrogen-bond donors (Lipinski definition) is 1. The summed E-state index contributed by atoms with van der Waals surface area (Å²) in [6, 6.07) is 14.1. The highest BCUT2D eigenvalue weighted by atomic mass is 32.2. The lowest BCUT2D eigenvalue weighted by Crippen LogP contribution is -2.37. The number of amides is 1. The maximum Gasteiger partial charge on any atom is 0.255 e. The lowest BCUT2D eigenvalue weighted by Gasteiger charge is -2.39. The third kappa shape index (κ3) is 4.97. The van der Waals surface area contributed by atoms with Crippen LogP contribution in [-0.4, -0.2) is 57.5 Å². The molecule has 188 valence electrons. The van der Waals surface area contributed by atoms with Crippen molar-refractivity contribution in [1.82, 2.24) is 4.31 Å². The van der Waals surface area contributed by atoms with Gasteiger partial charge < -0.3 is 15.0 Å². The highest BCUT2D eigenvalue weighted by Crippen LogP contribution is 2.53. The Labute approximate surface area is 208 Å². The van der Waals surface area contributed by atoms with E-state index in [0.29, 0.717) is 17.8 Å². The number of ether oxygens (including phenoxy) is 1. The van der Waals surface area contributed by atoms with Crippen LogP contribution >= 0.6 is 0 Å². The molecule has 5 rings (SSSR count). The van der Waals surface area contributed by atoms with Crippen molar-refractivity contribution in [3.05, 3.63) is 54.1 Å². The Bertz CT molecular complexity index is 1190. The molecular weight excluding hydrogens is 462 g/mol. The van der Waals surface area contributed by atoms with E-state index in [2.05, 4.69) is 31.0 Å². The van der Waals surface area contributed by atoms with E-state index in [1.165, 1.54) is 0 Å². The summed E-state index contributed by atoms with van der Waals surface area (Å²) in [5, 5.41) is 2.90. The van der Waals surface area contributed by atoms with E-state index in [9.17, 15) is 13.2 Å². The van der Waals surface area contributed by atoms with Crippen molar-refractivity contribution in [3.63, 3.8) is 0 Å². The van der Waals surface area contributed by atoms with E-state index < -0.39 is 10.0 Å². The quantitative estimate of drug-likeness (QED) is 0.664. The standard InChI is InChI=1S/C27H35N3O4S/c1-26(2)16-23-17-27(3,18-26)19-30(23)35(32,33)24-10-4-20(5-11-24)25(31)28-21-6-8-22(9-7-21)29-12-14-34-15-13-29/h4-11,23H,12-19H2,1-3H3,(H,28,31). The van der Waals surface area contributed by atoms with Gasteiger partial charge in [0.2, 0.25) is 10.0 Å². The summed E-state index contributed by atoms with van der Waals surface area (Å²) in [6.07, 6.45) is 2.84. The van der Waals surface area contributed by atoms with E-state index in [1.807, 2.05) is 24.3 Å². The molecule has 1 N–H and O–H groups in total. The zero-order chi connectivity index (χ0) is 24.8. The van der Waals surface area contributed by atoms with E-state index in [-0.39, 0.29) is 27.7 Å². The van der Waals surface area contributed by atoms with E-state index in [1.54, 1.807) is 28.6 Å². The molecule has 8 heteroatoms. The van der Waals surface area contributed by atoms with E-state index in [4.69, 9.17) is 4.74 Å². The Morgan fingerprint density at radius 3 is 2.29 bits per heavy atom. The van der Waals surface area contributed by atoms with Crippen LogP contribution in [0.5, 0.6) is 0 Å². The van der Waals surface area contributed by atoms with Crippen molar-refractivity contribution in [3.8, 4) is 0 Å². The van der Waals surface area contributed by atoms with Gasteiger partial charge in [-0.2, -0.15) is 4.31 Å². The number of morpholine rings is 1. The van der Waals surface area contributed by atoms with Gasteiger partial charge in [0.15, 0.2) is 0 Å². The number of carbonyl (C=O) groups excluding carboxylic acids is 1. The van der Waals surface area contributed by atoms with Crippen LogP contribution in [0.1, 0.15) is 50.4 Å². The molecule has 0 aromatic heterocycles. The summed E-state index contributed by atoms with van der Waals surface area (Å²) in [7, 11) is -3.61. The zero-order valence-electron chi connectivity index (χ0n) is 20.8. The second kappa shape index (κ2) is 8.91. The van der Waals surface area contributed by atoms with Crippen LogP contribution in [0, 0.1) is 10.8 Å². The van der Waals surface area contributed by atoms with Gasteiger partial charge in [0, 0.05) is 42.6 Å². The molecule has 2 heterocycles. The number of sulfonamides is 1. The van der Waals surface area contributed by atoms with Crippen molar-refractivity contribution < 1.29 is 17.9 Å². The first-order valence-electron chi connectivity index (χ1n) is 12.4. The summed E-state index contributed by atoms with van der Waals surface area (Å²) < 4.78 is 34.1. The lowest BCUT2D eigenvalue weighted by molar-refractivity contribution is 0.102. The van der Waals surface area contributed by atoms with Crippen LogP contribution in [0.3, 0.4) is 0 Å². The van der Waals surface area contributed by atoms with Crippen LogP contribution in [0.25, 0.3) is 0 Å². The Morgan fingerprint density at radius 2 is 1.63 bits per heavy atom. The van der Waals surface area contributed by atoms with Gasteiger partial charge in [0.05, 0.1) is 18.1 Å². The summed E-state index contributed by atoms with van der Waals surface area (Å²) >= 11 is 0. The number of nitrogens with one attached hydrogen (secondary N) is 1. The van der Waals surface area contributed by atoms with Crippen molar-refractivity contribution in [2.75, 3.05) is 43.1 Å². The summed E-state index contributed by atoms with van der Waals surface area (Å²) in [5.74, 6) is -0.264. The molecule has 2 aromatic rings. The molecule has 2 atom stereocenters. The molecule has 3 fully saturated rings. The second-order valence-corrected chi connectivity index (χ2v) is 13.3. The molecule has 7 nitrogen and oxygen atoms in total. The Kier molecular flexibility index (Phi) is 6.18. The van der Waals surface area contributed by atoms with Crippen molar-refractivity contribution in [2.45, 2.75) is 51.0 Å². The Hall–Kier alpha value is -2.42. The van der Waals surface area contributed by atoms with Gasteiger partial charge in [-0.15, -0.1) is 0 Å². The number of rotatable bonds is 5. The van der Waals surface area contributed by atoms with Gasteiger partial charge in [-0.05, 0) is 78.6 Å². The molecule has 1 aliphatic carbocycles. The molecule has 0 radical (unpaired) electrons. The van der Waals surface area contributed by atoms with Crippen molar-refractivity contribution in [1.29, 1.82) is 0 Å². The summed E-state index contributed by atoms with van der Waals surface area (Å²) in [6.45, 7) is 10.4. The zero-order valence-corrected chi connectivity index (χ0v) is 21.6. The van der Waals surface area contributed by atoms with Gasteiger partial charge in [-0.1, -0.05) is 20.8 Å². The molecule has 2 aromatic carbocycles. The normalized spacial score (nSPS) is 26.5. The first-order chi connectivity index (χ1) is 16.5. The fourth-order valence-electron chi connectivity index (χ4n) is 6.38. The first kappa shape index (κ1) is 24.3. The van der Waals surface area contributed by atoms with Gasteiger partial charge in [0.25, 0.3) is 5.91 Å². The number of carbonyl (C=O) groups is 1. The van der Waals surface area contributed by atoms with E-state index >= 15 is 0 Å². The van der Waals surface area contributed by atoms with Crippen LogP contribution in [0.15, 0.2) is 53.4 Å². The highest BCUT2D eigenvalue weighted by molar-refractivity contribution is 7.89. The number of nitrogens with zero attached hydrogens (tertiary/aromatic N) is 2. The number of fused-ring (bicyclic) bond motifs is 2. The van der Waals surface area contributed by atoms with Crippen LogP contribution in [-0.2, 0) is 14.8 Å². The predicted molar refractivity (Wildman–Crippen MR) is 137 cm³/mol. The number of benzene rings is 2. The van der Waals surface area contributed by atoms with E-state index in [0.717, 1.165) is 51.3 Å². The molecule has 2 unspecified atom stereocenters. The predicted octanol–water partition coefficient (Wildman–Crippen LogP) is 4.36. The molecule has 35 heavy (non-hydrogen) atoms. The number of anilines is 2. The smallest absolute Gasteiger partial charge is 0.255 e. The molecule has 1 amide bonds. The summed E-state index contributed by atoms with van der Waals surface area (Å²) in [4.78, 5) is 15.3. The lowest BCUT2D eigenvalue weighted by atomic mass is 9.65. The van der Waals surface area contributed by atoms with Crippen LogP contribution < -0.4 is 10.2 Å². The molecule has 3 aliphatic rings. The van der Waals surface area contributed by atoms with Crippen molar-refractivity contribution in [2.24, 2.45) is 10.8 Å². The van der Waals surface area contributed by atoms with Crippen molar-refractivity contribution >= 4 is 27.3 Å². The third-order valence-corrected chi connectivity index (χ3v) is 9.50. The minimum absolute atomic E-state index is 0.0244. The van der Waals surface area contributed by atoms with Crippen LogP contribution in [0.2, 0.25) is 0 Å². The molecule has 2 bridgehead atoms. The Balaban J connectivity index is 1.26. The first-order valence-corrected chi connectivity index (χ1v) is 13.8. The fourth-order valence-corrected chi connectivity index (χ4v) is 8.16. The largest absolute Gasteiger partial charge is 0.378 e. The topological polar surface area (TPSA) is 79.0 Å². The highest BCUT2D eigenvalue weighted by Gasteiger charge is 2.53. The molecular formula is C27H35N3O4S. The SMILES string of the molecule is CC1(C)CC2CC(C)(CN2S(=O)(=O)c2ccc(C(=O)Nc3ccc(N4CCOCC4)cc3)cc2)C1. The van der Waals surface area contributed by atoms with Gasteiger partial charge in [-0.3, -0.25) is 4.79 Å². The Morgan fingerprint density at radius 1 is 0.971 bits per heavy atom. The minimum Gasteiger partial charge on any atom is -0.378 e. The molecule has 2 aliphatic heterocycles. The number of hydrogen-bond acceptors (Lipinski definition) is 5. The van der Waals surface area contributed by atoms with Gasteiger partial charge in [-0.25, -0.2) is 8.42 Å². The minimum atomic E-state index is -3.61. The fraction of sp³-hybridized carbons (Fsp3) is 0.519. The molecule has 0 spiro atoms. The molecule has 2 saturated heterocycles. The maximum atomic E-state index is 13.5. The third-order valence-electron chi connectivity index (χ3n) is 7.59. The average molecular weight is 498 g/mol. The second-order valence-electron chi connectivity index (χ2n) is 11.4. The van der Waals surface area contributed by atoms with Gasteiger partial charge >= 0.3 is 0 Å². The maximum absolute atomic E-state index is 13.5. The van der Waals surface area contributed by atoms with Gasteiger partial charge in [0.1, 0.15) is 0 Å².